The van der Waals surface area contributed by atoms with Gasteiger partial charge in [0.2, 0.25) is 5.91 Å². The Hall–Kier alpha value is -0.930. The molecule has 0 aromatic carbocycles. The zero-order valence-electron chi connectivity index (χ0n) is 15.7. The number of aliphatic hydroxyl groups is 5. The molecule has 2 saturated heterocycles. The second kappa shape index (κ2) is 10.2. The van der Waals surface area contributed by atoms with E-state index >= 15 is 0 Å². The zero-order chi connectivity index (χ0) is 21.0. The Morgan fingerprint density at radius 2 is 1.75 bits per heavy atom. The van der Waals surface area contributed by atoms with Gasteiger partial charge in [-0.1, -0.05) is 0 Å². The van der Waals surface area contributed by atoms with Crippen molar-refractivity contribution in [3.63, 3.8) is 0 Å². The minimum atomic E-state index is -1.62. The van der Waals surface area contributed by atoms with E-state index in [9.17, 15) is 30.3 Å². The minimum absolute atomic E-state index is 0.0756. The molecule has 0 radical (unpaired) electrons. The summed E-state index contributed by atoms with van der Waals surface area (Å²) in [6.07, 6.45) is -11.6. The van der Waals surface area contributed by atoms with Gasteiger partial charge >= 0.3 is 0 Å². The van der Waals surface area contributed by atoms with E-state index in [4.69, 9.17) is 24.7 Å². The summed E-state index contributed by atoms with van der Waals surface area (Å²) in [6.45, 7) is 2.39. The lowest BCUT2D eigenvalue weighted by molar-refractivity contribution is -0.340. The highest BCUT2D eigenvalue weighted by molar-refractivity contribution is 5.73. The van der Waals surface area contributed by atoms with E-state index in [1.165, 1.54) is 13.8 Å². The number of carbonyl (C=O) groups is 1. The number of nitrogens with two attached hydrogens (primary N) is 1. The predicted molar refractivity (Wildman–Crippen MR) is 91.6 cm³/mol. The normalized spacial score (nSPS) is 44.3. The van der Waals surface area contributed by atoms with Gasteiger partial charge in [-0.2, -0.15) is 0 Å². The number of rotatable bonds is 7. The summed E-state index contributed by atoms with van der Waals surface area (Å²) in [4.78, 5) is 11.7. The highest BCUT2D eigenvalue weighted by atomic mass is 16.7. The molecule has 2 heterocycles. The van der Waals surface area contributed by atoms with Crippen molar-refractivity contribution in [1.82, 2.24) is 5.32 Å². The van der Waals surface area contributed by atoms with Crippen LogP contribution in [0.2, 0.25) is 0 Å². The van der Waals surface area contributed by atoms with E-state index < -0.39 is 73.9 Å². The van der Waals surface area contributed by atoms with Crippen LogP contribution in [-0.4, -0.2) is 113 Å². The molecule has 12 heteroatoms. The molecular formula is C16H30N2O10. The van der Waals surface area contributed by atoms with Crippen molar-refractivity contribution < 1.29 is 49.3 Å². The molecule has 1 amide bonds. The largest absolute Gasteiger partial charge is 0.394 e. The highest BCUT2D eigenvalue weighted by Gasteiger charge is 2.51. The summed E-state index contributed by atoms with van der Waals surface area (Å²) < 4.78 is 22.1. The second-order valence-electron chi connectivity index (χ2n) is 6.88. The fourth-order valence-electron chi connectivity index (χ4n) is 3.23. The molecule has 2 aliphatic heterocycles. The molecule has 0 spiro atoms. The van der Waals surface area contributed by atoms with Crippen molar-refractivity contribution in [2.75, 3.05) is 19.8 Å². The van der Waals surface area contributed by atoms with E-state index in [1.54, 1.807) is 0 Å². The average Bonchev–Trinajstić information content (AvgIpc) is 2.65. The molecule has 0 aromatic heterocycles. The summed E-state index contributed by atoms with van der Waals surface area (Å²) in [5, 5.41) is 52.6. The van der Waals surface area contributed by atoms with E-state index in [0.29, 0.717) is 0 Å². The zero-order valence-corrected chi connectivity index (χ0v) is 15.7. The smallest absolute Gasteiger partial charge is 0.217 e. The summed E-state index contributed by atoms with van der Waals surface area (Å²) >= 11 is 0. The van der Waals surface area contributed by atoms with Crippen LogP contribution in [0.1, 0.15) is 13.8 Å². The van der Waals surface area contributed by atoms with E-state index in [1.807, 2.05) is 0 Å². The third kappa shape index (κ3) is 5.16. The standard InChI is InChI=1S/C16H30N2O10/c1-6-10(21)12(23)13(24)16(26-6)28-14-9(18-7(2)20)15(25-4-3-17)27-8(5-19)11(14)22/h6,8-16,19,21-24H,3-5,17H2,1-2H3,(H,18,20)/t6-,8-,9-,10+,11-,12+,13-,14-,15-,16-/m1/s1. The van der Waals surface area contributed by atoms with Gasteiger partial charge in [-0.05, 0) is 6.92 Å². The minimum Gasteiger partial charge on any atom is -0.394 e. The average molecular weight is 410 g/mol. The highest BCUT2D eigenvalue weighted by Crippen LogP contribution is 2.29. The Morgan fingerprint density at radius 3 is 2.32 bits per heavy atom. The van der Waals surface area contributed by atoms with Gasteiger partial charge < -0.3 is 55.5 Å². The first-order valence-electron chi connectivity index (χ1n) is 9.09. The lowest BCUT2D eigenvalue weighted by atomic mass is 9.95. The lowest BCUT2D eigenvalue weighted by Crippen LogP contribution is -2.67. The van der Waals surface area contributed by atoms with Gasteiger partial charge in [0.05, 0.1) is 19.3 Å². The maximum atomic E-state index is 11.7. The second-order valence-corrected chi connectivity index (χ2v) is 6.88. The molecule has 8 N–H and O–H groups in total. The molecule has 2 rings (SSSR count). The van der Waals surface area contributed by atoms with Crippen molar-refractivity contribution in [2.45, 2.75) is 75.2 Å². The topological polar surface area (TPSA) is 193 Å². The van der Waals surface area contributed by atoms with Gasteiger partial charge in [0.25, 0.3) is 0 Å². The Kier molecular flexibility index (Phi) is 8.51. The van der Waals surface area contributed by atoms with Gasteiger partial charge in [0.15, 0.2) is 12.6 Å². The number of hydrogen-bond acceptors (Lipinski definition) is 11. The monoisotopic (exact) mass is 410 g/mol. The molecule has 28 heavy (non-hydrogen) atoms. The van der Waals surface area contributed by atoms with Gasteiger partial charge in [-0.15, -0.1) is 0 Å². The summed E-state index contributed by atoms with van der Waals surface area (Å²) in [7, 11) is 0. The molecule has 12 nitrogen and oxygen atoms in total. The molecule has 2 aliphatic rings. The van der Waals surface area contributed by atoms with Crippen LogP contribution in [0, 0.1) is 0 Å². The van der Waals surface area contributed by atoms with Crippen LogP contribution in [0.3, 0.4) is 0 Å². The number of carbonyl (C=O) groups excluding carboxylic acids is 1. The quantitative estimate of drug-likeness (QED) is 0.215. The molecule has 0 aliphatic carbocycles. The van der Waals surface area contributed by atoms with Crippen LogP contribution in [0.4, 0.5) is 0 Å². The maximum absolute atomic E-state index is 11.7. The Morgan fingerprint density at radius 1 is 1.07 bits per heavy atom. The molecule has 10 atom stereocenters. The van der Waals surface area contributed by atoms with Gasteiger partial charge in [0.1, 0.15) is 42.7 Å². The van der Waals surface area contributed by atoms with Crippen LogP contribution in [0.15, 0.2) is 0 Å². The van der Waals surface area contributed by atoms with Crippen LogP contribution in [-0.2, 0) is 23.7 Å². The molecule has 0 aromatic rings. The Bertz CT molecular complexity index is 512. The van der Waals surface area contributed by atoms with E-state index in [-0.39, 0.29) is 13.2 Å². The molecular weight excluding hydrogens is 380 g/mol. The Balaban J connectivity index is 2.25. The van der Waals surface area contributed by atoms with Gasteiger partial charge in [0, 0.05) is 13.5 Å². The van der Waals surface area contributed by atoms with Crippen LogP contribution in [0.25, 0.3) is 0 Å². The fraction of sp³-hybridized carbons (Fsp3) is 0.938. The van der Waals surface area contributed by atoms with Crippen molar-refractivity contribution in [3.05, 3.63) is 0 Å². The first kappa shape index (κ1) is 23.3. The third-order valence-electron chi connectivity index (χ3n) is 4.72. The SMILES string of the molecule is CC(=O)N[C@H]1[C@H](OCCN)O[C@H](CO)[C@@H](O)[C@@H]1O[C@H]1O[C@H](C)[C@H](O)[C@H](O)[C@H]1O. The molecule has 0 unspecified atom stereocenters. The van der Waals surface area contributed by atoms with Crippen LogP contribution < -0.4 is 11.1 Å². The summed E-state index contributed by atoms with van der Waals surface area (Å²) in [5.41, 5.74) is 5.43. The summed E-state index contributed by atoms with van der Waals surface area (Å²) in [6, 6.07) is -1.03. The molecule has 164 valence electrons. The van der Waals surface area contributed by atoms with E-state index in [2.05, 4.69) is 5.32 Å². The van der Waals surface area contributed by atoms with Crippen molar-refractivity contribution in [2.24, 2.45) is 5.73 Å². The van der Waals surface area contributed by atoms with Crippen molar-refractivity contribution in [1.29, 1.82) is 0 Å². The number of hydrogen-bond donors (Lipinski definition) is 7. The number of nitrogens with one attached hydrogen (secondary N) is 1. The van der Waals surface area contributed by atoms with Crippen LogP contribution in [0.5, 0.6) is 0 Å². The maximum Gasteiger partial charge on any atom is 0.217 e. The van der Waals surface area contributed by atoms with Crippen molar-refractivity contribution in [3.8, 4) is 0 Å². The number of aliphatic hydroxyl groups excluding tert-OH is 5. The van der Waals surface area contributed by atoms with Gasteiger partial charge in [-0.25, -0.2) is 0 Å². The fourth-order valence-corrected chi connectivity index (χ4v) is 3.23. The number of ether oxygens (including phenoxy) is 4. The number of amides is 1. The first-order chi connectivity index (χ1) is 13.2. The van der Waals surface area contributed by atoms with Crippen LogP contribution >= 0.6 is 0 Å². The third-order valence-corrected chi connectivity index (χ3v) is 4.72. The van der Waals surface area contributed by atoms with Crippen molar-refractivity contribution >= 4 is 5.91 Å². The Labute approximate surface area is 162 Å². The lowest BCUT2D eigenvalue weighted by Gasteiger charge is -2.47. The molecule has 0 bridgehead atoms. The summed E-state index contributed by atoms with van der Waals surface area (Å²) in [5.74, 6) is -0.466. The molecule has 0 saturated carbocycles. The van der Waals surface area contributed by atoms with E-state index in [0.717, 1.165) is 0 Å². The molecule has 2 fully saturated rings. The van der Waals surface area contributed by atoms with Gasteiger partial charge in [-0.3, -0.25) is 4.79 Å². The first-order valence-corrected chi connectivity index (χ1v) is 9.09. The predicted octanol–water partition coefficient (Wildman–Crippen LogP) is -4.24.